The highest BCUT2D eigenvalue weighted by Gasteiger charge is 2.56. The van der Waals surface area contributed by atoms with E-state index >= 15 is 0 Å². The Labute approximate surface area is 149 Å². The molecule has 2 nitrogen and oxygen atoms in total. The minimum Gasteiger partial charge on any atom is -0.469 e. The van der Waals surface area contributed by atoms with E-state index in [1.165, 1.54) is 77.0 Å². The highest BCUT2D eigenvalue weighted by molar-refractivity contribution is 5.78. The van der Waals surface area contributed by atoms with Crippen molar-refractivity contribution in [2.45, 2.75) is 103 Å². The first-order chi connectivity index (χ1) is 11.7. The number of methoxy groups -OCH3 is 1. The van der Waals surface area contributed by atoms with Crippen LogP contribution in [0.1, 0.15) is 103 Å². The lowest BCUT2D eigenvalue weighted by molar-refractivity contribution is -0.171. The Bertz CT molecular complexity index is 408. The van der Waals surface area contributed by atoms with Crippen molar-refractivity contribution in [2.24, 2.45) is 22.7 Å². The third kappa shape index (κ3) is 3.15. The van der Waals surface area contributed by atoms with Gasteiger partial charge in [0, 0.05) is 0 Å². The van der Waals surface area contributed by atoms with Crippen LogP contribution in [0.2, 0.25) is 0 Å². The maximum Gasteiger partial charge on any atom is 0.312 e. The highest BCUT2D eigenvalue weighted by atomic mass is 16.5. The normalized spacial score (nSPS) is 34.7. The largest absolute Gasteiger partial charge is 0.469 e. The van der Waals surface area contributed by atoms with Crippen molar-refractivity contribution in [2.75, 3.05) is 7.11 Å². The number of hydrogen-bond acceptors (Lipinski definition) is 2. The van der Waals surface area contributed by atoms with E-state index in [2.05, 4.69) is 6.92 Å². The molecule has 0 radical (unpaired) electrons. The number of carbonyl (C=O) groups excluding carboxylic acids is 1. The number of rotatable bonds is 4. The van der Waals surface area contributed by atoms with Crippen LogP contribution in [0.4, 0.5) is 0 Å². The SMILES string of the molecule is CC[C@]1(C2(C(=O)OC)CCCCC2)CC[C@@H](C2CCCCC2)CC1. The standard InChI is InChI=1S/C22H38O2/c1-3-21(22(20(23)24-2)14-8-5-9-15-22)16-12-19(13-17-21)18-10-6-4-7-11-18/h18-19H,3-17H2,1-2H3/t19-,21+. The molecule has 0 spiro atoms. The van der Waals surface area contributed by atoms with E-state index < -0.39 is 0 Å². The van der Waals surface area contributed by atoms with Crippen molar-refractivity contribution in [3.63, 3.8) is 0 Å². The molecule has 3 aliphatic carbocycles. The second kappa shape index (κ2) is 7.79. The van der Waals surface area contributed by atoms with Crippen molar-refractivity contribution in [3.05, 3.63) is 0 Å². The lowest BCUT2D eigenvalue weighted by Gasteiger charge is -2.54. The van der Waals surface area contributed by atoms with Gasteiger partial charge < -0.3 is 4.74 Å². The Hall–Kier alpha value is -0.530. The molecule has 3 fully saturated rings. The van der Waals surface area contributed by atoms with Crippen LogP contribution < -0.4 is 0 Å². The van der Waals surface area contributed by atoms with Crippen molar-refractivity contribution in [1.82, 2.24) is 0 Å². The van der Waals surface area contributed by atoms with E-state index in [4.69, 9.17) is 4.74 Å². The number of carbonyl (C=O) groups is 1. The quantitative estimate of drug-likeness (QED) is 0.566. The summed E-state index contributed by atoms with van der Waals surface area (Å²) in [5.74, 6) is 2.03. The minimum absolute atomic E-state index is 0.111. The molecule has 2 heteroatoms. The van der Waals surface area contributed by atoms with E-state index in [0.717, 1.165) is 31.1 Å². The predicted molar refractivity (Wildman–Crippen MR) is 98.8 cm³/mol. The molecule has 0 aliphatic heterocycles. The molecule has 0 aromatic rings. The summed E-state index contributed by atoms with van der Waals surface area (Å²) in [5.41, 5.74) is 0.0396. The highest BCUT2D eigenvalue weighted by Crippen LogP contribution is 2.60. The van der Waals surface area contributed by atoms with Crippen LogP contribution in [0.25, 0.3) is 0 Å². The molecule has 0 atom stereocenters. The molecule has 0 aromatic carbocycles. The molecule has 0 amide bonds. The lowest BCUT2D eigenvalue weighted by Crippen LogP contribution is -2.51. The second-order valence-corrected chi connectivity index (χ2v) is 9.00. The van der Waals surface area contributed by atoms with Gasteiger partial charge in [-0.25, -0.2) is 0 Å². The number of esters is 1. The fourth-order valence-electron chi connectivity index (χ4n) is 6.74. The first-order valence-corrected chi connectivity index (χ1v) is 10.8. The van der Waals surface area contributed by atoms with Gasteiger partial charge in [0.05, 0.1) is 12.5 Å². The number of ether oxygens (including phenoxy) is 1. The van der Waals surface area contributed by atoms with Gasteiger partial charge in [-0.3, -0.25) is 4.79 Å². The molecule has 3 aliphatic rings. The molecule has 3 saturated carbocycles. The third-order valence-corrected chi connectivity index (χ3v) is 8.28. The van der Waals surface area contributed by atoms with E-state index in [1.54, 1.807) is 7.11 Å². The summed E-state index contributed by atoms with van der Waals surface area (Å²) in [6, 6.07) is 0. The van der Waals surface area contributed by atoms with Crippen LogP contribution in [-0.4, -0.2) is 13.1 Å². The molecule has 0 bridgehead atoms. The summed E-state index contributed by atoms with van der Waals surface area (Å²) >= 11 is 0. The van der Waals surface area contributed by atoms with Crippen molar-refractivity contribution < 1.29 is 9.53 Å². The Balaban J connectivity index is 1.75. The average Bonchev–Trinajstić information content (AvgIpc) is 2.68. The van der Waals surface area contributed by atoms with E-state index in [1.807, 2.05) is 0 Å². The molecule has 138 valence electrons. The Kier molecular flexibility index (Phi) is 5.93. The smallest absolute Gasteiger partial charge is 0.312 e. The maximum absolute atomic E-state index is 12.9. The van der Waals surface area contributed by atoms with Crippen LogP contribution in [0.15, 0.2) is 0 Å². The fraction of sp³-hybridized carbons (Fsp3) is 0.955. The first-order valence-electron chi connectivity index (χ1n) is 10.8. The lowest BCUT2D eigenvalue weighted by atomic mass is 9.49. The summed E-state index contributed by atoms with van der Waals surface area (Å²) in [5, 5.41) is 0. The van der Waals surface area contributed by atoms with Gasteiger partial charge in [-0.15, -0.1) is 0 Å². The van der Waals surface area contributed by atoms with Gasteiger partial charge >= 0.3 is 5.97 Å². The summed E-state index contributed by atoms with van der Waals surface area (Å²) in [6.45, 7) is 2.33. The van der Waals surface area contributed by atoms with Gasteiger partial charge in [0.2, 0.25) is 0 Å². The van der Waals surface area contributed by atoms with Crippen LogP contribution in [-0.2, 0) is 9.53 Å². The summed E-state index contributed by atoms with van der Waals surface area (Å²) in [4.78, 5) is 12.9. The monoisotopic (exact) mass is 334 g/mol. The van der Waals surface area contributed by atoms with Crippen molar-refractivity contribution in [3.8, 4) is 0 Å². The topological polar surface area (TPSA) is 26.3 Å². The van der Waals surface area contributed by atoms with Crippen LogP contribution >= 0.6 is 0 Å². The van der Waals surface area contributed by atoms with Gasteiger partial charge in [-0.2, -0.15) is 0 Å². The molecular weight excluding hydrogens is 296 g/mol. The predicted octanol–water partition coefficient (Wildman–Crippen LogP) is 6.28. The van der Waals surface area contributed by atoms with Crippen LogP contribution in [0, 0.1) is 22.7 Å². The van der Waals surface area contributed by atoms with E-state index in [9.17, 15) is 4.79 Å². The summed E-state index contributed by atoms with van der Waals surface area (Å²) in [6.07, 6.45) is 19.5. The molecule has 3 rings (SSSR count). The summed E-state index contributed by atoms with van der Waals surface area (Å²) in [7, 11) is 1.61. The van der Waals surface area contributed by atoms with Gasteiger partial charge in [0.15, 0.2) is 0 Å². The van der Waals surface area contributed by atoms with Crippen molar-refractivity contribution >= 4 is 5.97 Å². The van der Waals surface area contributed by atoms with Gasteiger partial charge in [-0.1, -0.05) is 58.3 Å². The van der Waals surface area contributed by atoms with Gasteiger partial charge in [0.1, 0.15) is 0 Å². The van der Waals surface area contributed by atoms with Gasteiger partial charge in [-0.05, 0) is 62.2 Å². The zero-order valence-electron chi connectivity index (χ0n) is 16.1. The molecular formula is C22H38O2. The average molecular weight is 335 g/mol. The molecule has 0 unspecified atom stereocenters. The van der Waals surface area contributed by atoms with Gasteiger partial charge in [0.25, 0.3) is 0 Å². The second-order valence-electron chi connectivity index (χ2n) is 9.00. The Morgan fingerprint density at radius 1 is 0.833 bits per heavy atom. The fourth-order valence-corrected chi connectivity index (χ4v) is 6.74. The summed E-state index contributed by atoms with van der Waals surface area (Å²) < 4.78 is 5.38. The number of hydrogen-bond donors (Lipinski definition) is 0. The van der Waals surface area contributed by atoms with Crippen LogP contribution in [0.5, 0.6) is 0 Å². The molecule has 0 heterocycles. The van der Waals surface area contributed by atoms with E-state index in [0.29, 0.717) is 0 Å². The molecule has 0 saturated heterocycles. The Morgan fingerprint density at radius 3 is 1.92 bits per heavy atom. The maximum atomic E-state index is 12.9. The molecule has 0 N–H and O–H groups in total. The third-order valence-electron chi connectivity index (χ3n) is 8.28. The zero-order valence-corrected chi connectivity index (χ0v) is 16.1. The first kappa shape index (κ1) is 18.3. The van der Waals surface area contributed by atoms with Crippen molar-refractivity contribution in [1.29, 1.82) is 0 Å². The molecule has 24 heavy (non-hydrogen) atoms. The Morgan fingerprint density at radius 2 is 1.38 bits per heavy atom. The van der Waals surface area contributed by atoms with Crippen LogP contribution in [0.3, 0.4) is 0 Å². The zero-order chi connectivity index (χ0) is 17.0. The van der Waals surface area contributed by atoms with E-state index in [-0.39, 0.29) is 16.8 Å². The minimum atomic E-state index is -0.174. The molecule has 0 aromatic heterocycles.